The average Bonchev–Trinajstić information content (AvgIpc) is 2.79. The van der Waals surface area contributed by atoms with Gasteiger partial charge in [-0.05, 0) is 48.4 Å². The van der Waals surface area contributed by atoms with E-state index in [1.807, 2.05) is 13.8 Å². The van der Waals surface area contributed by atoms with E-state index in [0.29, 0.717) is 28.7 Å². The Labute approximate surface area is 198 Å². The first-order chi connectivity index (χ1) is 15.7. The Balaban J connectivity index is 1.80. The van der Waals surface area contributed by atoms with E-state index in [0.717, 1.165) is 0 Å². The fourth-order valence-electron chi connectivity index (χ4n) is 2.93. The summed E-state index contributed by atoms with van der Waals surface area (Å²) in [5.41, 5.74) is 1.11. The summed E-state index contributed by atoms with van der Waals surface area (Å²) in [6.45, 7) is 4.48. The van der Waals surface area contributed by atoms with Crippen LogP contribution in [0, 0.1) is 5.92 Å². The smallest absolute Gasteiger partial charge is 0.319 e. The molecule has 172 valence electrons. The molecule has 2 amide bonds. The van der Waals surface area contributed by atoms with E-state index in [1.54, 1.807) is 30.3 Å². The quantitative estimate of drug-likeness (QED) is 0.384. The van der Waals surface area contributed by atoms with Gasteiger partial charge in [-0.2, -0.15) is 0 Å². The number of anilines is 2. The van der Waals surface area contributed by atoms with Crippen molar-refractivity contribution in [1.82, 2.24) is 5.32 Å². The molecular weight excluding hydrogens is 462 g/mol. The average molecular weight is 486 g/mol. The van der Waals surface area contributed by atoms with E-state index in [9.17, 15) is 18.0 Å². The van der Waals surface area contributed by atoms with Crippen molar-refractivity contribution in [1.29, 1.82) is 0 Å². The monoisotopic (exact) mass is 485 g/mol. The molecule has 0 fully saturated rings. The number of urea groups is 1. The number of sulfonamides is 1. The summed E-state index contributed by atoms with van der Waals surface area (Å²) >= 11 is 6.07. The highest BCUT2D eigenvalue weighted by Gasteiger charge is 2.20. The summed E-state index contributed by atoms with van der Waals surface area (Å²) in [6.07, 6.45) is 0. The van der Waals surface area contributed by atoms with Crippen molar-refractivity contribution in [3.63, 3.8) is 0 Å². The van der Waals surface area contributed by atoms with Crippen LogP contribution in [0.25, 0.3) is 0 Å². The fourth-order valence-corrected chi connectivity index (χ4v) is 4.18. The van der Waals surface area contributed by atoms with Crippen LogP contribution in [0.2, 0.25) is 5.02 Å². The number of hydrogen-bond donors (Lipinski definition) is 3. The van der Waals surface area contributed by atoms with Gasteiger partial charge in [0, 0.05) is 28.4 Å². The highest BCUT2D eigenvalue weighted by molar-refractivity contribution is 7.92. The molecule has 0 saturated heterocycles. The molecule has 0 bridgehead atoms. The van der Waals surface area contributed by atoms with Gasteiger partial charge in [0.1, 0.15) is 0 Å². The number of nitrogens with one attached hydrogen (secondary N) is 3. The van der Waals surface area contributed by atoms with Gasteiger partial charge in [0.15, 0.2) is 5.78 Å². The molecule has 0 heterocycles. The Morgan fingerprint density at radius 1 is 0.939 bits per heavy atom. The lowest BCUT2D eigenvalue weighted by Crippen LogP contribution is -2.31. The normalized spacial score (nSPS) is 11.2. The van der Waals surface area contributed by atoms with E-state index < -0.39 is 10.0 Å². The summed E-state index contributed by atoms with van der Waals surface area (Å²) in [7, 11) is -4.00. The predicted octanol–water partition coefficient (Wildman–Crippen LogP) is 5.15. The largest absolute Gasteiger partial charge is 0.338 e. The summed E-state index contributed by atoms with van der Waals surface area (Å²) < 4.78 is 28.4. The van der Waals surface area contributed by atoms with Crippen LogP contribution in [0.3, 0.4) is 0 Å². The van der Waals surface area contributed by atoms with Crippen LogP contribution >= 0.6 is 11.6 Å². The van der Waals surface area contributed by atoms with E-state index in [4.69, 9.17) is 11.6 Å². The van der Waals surface area contributed by atoms with Gasteiger partial charge in [0.2, 0.25) is 0 Å². The van der Waals surface area contributed by atoms with Crippen molar-refractivity contribution in [3.8, 4) is 0 Å². The molecule has 0 radical (unpaired) electrons. The van der Waals surface area contributed by atoms with E-state index >= 15 is 0 Å². The zero-order valence-electron chi connectivity index (χ0n) is 18.1. The fraction of sp³-hybridized carbons (Fsp3) is 0.167. The minimum absolute atomic E-state index is 0.0244. The molecule has 0 aliphatic heterocycles. The summed E-state index contributed by atoms with van der Waals surface area (Å²) in [5.74, 6) is -0.0522. The number of rotatable bonds is 8. The van der Waals surface area contributed by atoms with Gasteiger partial charge in [-0.3, -0.25) is 9.52 Å². The first-order valence-electron chi connectivity index (χ1n) is 10.2. The Hall–Kier alpha value is -3.36. The molecule has 3 rings (SSSR count). The van der Waals surface area contributed by atoms with Gasteiger partial charge in [0.25, 0.3) is 10.0 Å². The molecule has 33 heavy (non-hydrogen) atoms. The van der Waals surface area contributed by atoms with Gasteiger partial charge >= 0.3 is 6.03 Å². The lowest BCUT2D eigenvalue weighted by Gasteiger charge is -2.13. The molecule has 0 aliphatic rings. The van der Waals surface area contributed by atoms with Gasteiger partial charge < -0.3 is 10.6 Å². The molecule has 0 aromatic heterocycles. The molecule has 3 aromatic rings. The standard InChI is InChI=1S/C24H24ClN3O4S/c1-16(2)15-26-24(30)27-19-9-11-20(12-10-19)33(31,32)28-22-13-8-18(25)14-21(22)23(29)17-6-4-3-5-7-17/h3-14,16,28H,15H2,1-2H3,(H2,26,27,30). The summed E-state index contributed by atoms with van der Waals surface area (Å²) in [4.78, 5) is 24.8. The summed E-state index contributed by atoms with van der Waals surface area (Å²) in [5, 5.41) is 5.68. The molecule has 0 aliphatic carbocycles. The maximum atomic E-state index is 13.0. The lowest BCUT2D eigenvalue weighted by atomic mass is 10.0. The highest BCUT2D eigenvalue weighted by Crippen LogP contribution is 2.26. The molecule has 3 N–H and O–H groups in total. The zero-order valence-corrected chi connectivity index (χ0v) is 19.7. The second-order valence-corrected chi connectivity index (χ2v) is 9.86. The van der Waals surface area contributed by atoms with Crippen LogP contribution in [0.1, 0.15) is 29.8 Å². The maximum Gasteiger partial charge on any atom is 0.319 e. The molecule has 9 heteroatoms. The number of carbonyl (C=O) groups excluding carboxylic acids is 2. The van der Waals surface area contributed by atoms with Crippen LogP contribution < -0.4 is 15.4 Å². The van der Waals surface area contributed by atoms with Crippen molar-refractivity contribution in [2.75, 3.05) is 16.6 Å². The Morgan fingerprint density at radius 3 is 2.24 bits per heavy atom. The van der Waals surface area contributed by atoms with E-state index in [-0.39, 0.29) is 28.0 Å². The van der Waals surface area contributed by atoms with E-state index in [1.165, 1.54) is 42.5 Å². The van der Waals surface area contributed by atoms with Crippen LogP contribution in [-0.4, -0.2) is 26.8 Å². The Bertz CT molecular complexity index is 1240. The van der Waals surface area contributed by atoms with Crippen molar-refractivity contribution < 1.29 is 18.0 Å². The Morgan fingerprint density at radius 2 is 1.61 bits per heavy atom. The predicted molar refractivity (Wildman–Crippen MR) is 130 cm³/mol. The second kappa shape index (κ2) is 10.5. The SMILES string of the molecule is CC(C)CNC(=O)Nc1ccc(S(=O)(=O)Nc2ccc(Cl)cc2C(=O)c2ccccc2)cc1. The minimum Gasteiger partial charge on any atom is -0.338 e. The first-order valence-corrected chi connectivity index (χ1v) is 12.1. The molecule has 3 aromatic carbocycles. The first kappa shape index (κ1) is 24.3. The van der Waals surface area contributed by atoms with Crippen LogP contribution in [0.4, 0.5) is 16.2 Å². The molecule has 0 saturated carbocycles. The van der Waals surface area contributed by atoms with Crippen molar-refractivity contribution in [2.24, 2.45) is 5.92 Å². The van der Waals surface area contributed by atoms with Crippen LogP contribution in [0.15, 0.2) is 77.7 Å². The minimum atomic E-state index is -4.00. The third kappa shape index (κ3) is 6.57. The van der Waals surface area contributed by atoms with Crippen LogP contribution in [-0.2, 0) is 10.0 Å². The van der Waals surface area contributed by atoms with Gasteiger partial charge in [-0.25, -0.2) is 13.2 Å². The highest BCUT2D eigenvalue weighted by atomic mass is 35.5. The van der Waals surface area contributed by atoms with Crippen molar-refractivity contribution >= 4 is 44.8 Å². The second-order valence-electron chi connectivity index (χ2n) is 7.74. The van der Waals surface area contributed by atoms with Gasteiger partial charge in [-0.1, -0.05) is 55.8 Å². The Kier molecular flexibility index (Phi) is 7.73. The topological polar surface area (TPSA) is 104 Å². The number of ketones is 1. The molecule has 0 unspecified atom stereocenters. The maximum absolute atomic E-state index is 13.0. The van der Waals surface area contributed by atoms with E-state index in [2.05, 4.69) is 15.4 Å². The molecular formula is C24H24ClN3O4S. The summed E-state index contributed by atoms with van der Waals surface area (Å²) in [6, 6.07) is 18.2. The van der Waals surface area contributed by atoms with Gasteiger partial charge in [-0.15, -0.1) is 0 Å². The number of amides is 2. The number of hydrogen-bond acceptors (Lipinski definition) is 4. The van der Waals surface area contributed by atoms with Crippen molar-refractivity contribution in [2.45, 2.75) is 18.7 Å². The molecule has 0 spiro atoms. The van der Waals surface area contributed by atoms with Crippen LogP contribution in [0.5, 0.6) is 0 Å². The number of carbonyl (C=O) groups is 2. The van der Waals surface area contributed by atoms with Gasteiger partial charge in [0.05, 0.1) is 10.6 Å². The molecule has 0 atom stereocenters. The van der Waals surface area contributed by atoms with Crippen molar-refractivity contribution in [3.05, 3.63) is 88.9 Å². The third-order valence-electron chi connectivity index (χ3n) is 4.60. The third-order valence-corrected chi connectivity index (χ3v) is 6.22. The number of halogens is 1. The zero-order chi connectivity index (χ0) is 24.0. The number of benzene rings is 3. The molecule has 7 nitrogen and oxygen atoms in total. The lowest BCUT2D eigenvalue weighted by molar-refractivity contribution is 0.103.